The van der Waals surface area contributed by atoms with E-state index in [1.165, 1.54) is 6.92 Å². The van der Waals surface area contributed by atoms with Crippen molar-refractivity contribution in [2.75, 3.05) is 19.8 Å². The van der Waals surface area contributed by atoms with Gasteiger partial charge in [-0.05, 0) is 6.92 Å². The van der Waals surface area contributed by atoms with E-state index in [2.05, 4.69) is 4.18 Å². The molecule has 0 aromatic carbocycles. The van der Waals surface area contributed by atoms with Crippen LogP contribution >= 0.6 is 0 Å². The summed E-state index contributed by atoms with van der Waals surface area (Å²) in [6, 6.07) is 0. The Morgan fingerprint density at radius 3 is 2.06 bits per heavy atom. The molecule has 16 nitrogen and oxygen atoms in total. The zero-order valence-corrected chi connectivity index (χ0v) is 18.1. The molecule has 17 heteroatoms. The highest BCUT2D eigenvalue weighted by Crippen LogP contribution is 2.24. The van der Waals surface area contributed by atoms with Crippen molar-refractivity contribution < 1.29 is 72.8 Å². The number of carbonyl (C=O) groups is 1. The van der Waals surface area contributed by atoms with Crippen LogP contribution in [0.25, 0.3) is 0 Å². The van der Waals surface area contributed by atoms with Crippen LogP contribution < -0.4 is 4.72 Å². The minimum atomic E-state index is -3.85. The molecule has 2 aliphatic rings. The highest BCUT2D eigenvalue weighted by atomic mass is 32.2. The van der Waals surface area contributed by atoms with Crippen LogP contribution in [0.5, 0.6) is 0 Å². The molecule has 2 heterocycles. The summed E-state index contributed by atoms with van der Waals surface area (Å²) in [5, 5.41) is 84.9. The Morgan fingerprint density at radius 2 is 1.61 bits per heavy atom. The average molecular weight is 507 g/mol. The van der Waals surface area contributed by atoms with E-state index in [1.807, 2.05) is 0 Å². The largest absolute Gasteiger partial charge is 0.409 e. The molecule has 0 radical (unpaired) electrons. The summed E-state index contributed by atoms with van der Waals surface area (Å²) in [5.74, 6) is -0.604. The molecular formula is C16H29NO15S. The number of hydrogen-bond acceptors (Lipinski definition) is 15. The Bertz CT molecular complexity index is 759. The minimum Gasteiger partial charge on any atom is -0.394 e. The van der Waals surface area contributed by atoms with E-state index in [1.54, 1.807) is 4.72 Å². The van der Waals surface area contributed by atoms with Crippen molar-refractivity contribution in [1.29, 1.82) is 0 Å². The summed E-state index contributed by atoms with van der Waals surface area (Å²) in [7, 11) is -3.85. The number of aliphatic hydroxyl groups is 9. The van der Waals surface area contributed by atoms with E-state index in [4.69, 9.17) is 24.8 Å². The molecule has 0 aromatic heterocycles. The summed E-state index contributed by atoms with van der Waals surface area (Å²) in [6.45, 7) is -1.07. The molecule has 0 saturated carbocycles. The second-order valence-electron chi connectivity index (χ2n) is 7.05. The van der Waals surface area contributed by atoms with E-state index in [-0.39, 0.29) is 5.76 Å². The molecule has 0 aliphatic carbocycles. The molecule has 9 atom stereocenters. The maximum atomic E-state index is 10.5. The average Bonchev–Trinajstić information content (AvgIpc) is 2.74. The first-order chi connectivity index (χ1) is 15.3. The van der Waals surface area contributed by atoms with E-state index >= 15 is 0 Å². The summed E-state index contributed by atoms with van der Waals surface area (Å²) in [4.78, 5) is 10.4. The van der Waals surface area contributed by atoms with Crippen LogP contribution in [-0.2, 0) is 28.8 Å². The topological polar surface area (TPSA) is 273 Å². The monoisotopic (exact) mass is 507 g/mol. The van der Waals surface area contributed by atoms with Crippen molar-refractivity contribution in [3.63, 3.8) is 0 Å². The maximum Gasteiger partial charge on any atom is 0.409 e. The van der Waals surface area contributed by atoms with Crippen LogP contribution in [0.3, 0.4) is 0 Å². The summed E-state index contributed by atoms with van der Waals surface area (Å²) in [6.07, 6.45) is -14.0. The molecule has 10 N–H and O–H groups in total. The zero-order valence-electron chi connectivity index (χ0n) is 17.3. The maximum absolute atomic E-state index is 10.5. The first kappa shape index (κ1) is 29.6. The highest BCUT2D eigenvalue weighted by molar-refractivity contribution is 7.85. The molecule has 0 unspecified atom stereocenters. The van der Waals surface area contributed by atoms with Crippen molar-refractivity contribution in [2.45, 2.75) is 62.0 Å². The Kier molecular flexibility index (Phi) is 11.5. The van der Waals surface area contributed by atoms with E-state index in [0.29, 0.717) is 0 Å². The minimum absolute atomic E-state index is 0.0729. The van der Waals surface area contributed by atoms with E-state index in [0.717, 1.165) is 6.08 Å². The van der Waals surface area contributed by atoms with E-state index in [9.17, 15) is 43.9 Å². The lowest BCUT2D eigenvalue weighted by atomic mass is 9.98. The lowest BCUT2D eigenvalue weighted by molar-refractivity contribution is -0.327. The van der Waals surface area contributed by atoms with Crippen LogP contribution in [-0.4, -0.2) is 135 Å². The van der Waals surface area contributed by atoms with Crippen LogP contribution in [0.1, 0.15) is 6.92 Å². The van der Waals surface area contributed by atoms with Crippen molar-refractivity contribution >= 4 is 16.2 Å². The molecule has 0 aromatic rings. The van der Waals surface area contributed by atoms with Gasteiger partial charge in [-0.2, -0.15) is 8.42 Å². The van der Waals surface area contributed by atoms with Gasteiger partial charge >= 0.3 is 10.3 Å². The third-order valence-electron chi connectivity index (χ3n) is 4.42. The third-order valence-corrected chi connectivity index (χ3v) is 5.36. The molecule has 1 amide bonds. The number of carbonyl (C=O) groups excluding carboxylic acids is 1. The van der Waals surface area contributed by atoms with Gasteiger partial charge in [0, 0.05) is 6.08 Å². The summed E-state index contributed by atoms with van der Waals surface area (Å²) in [5.41, 5.74) is 0. The zero-order chi connectivity index (χ0) is 25.5. The number of allylic oxidation sites excluding steroid dienone is 1. The molecule has 2 rings (SSSR count). The van der Waals surface area contributed by atoms with Gasteiger partial charge in [0.1, 0.15) is 54.6 Å². The lowest BCUT2D eigenvalue weighted by Crippen LogP contribution is -2.61. The number of amides is 1. The Balaban J connectivity index is 0.000000451. The molecule has 33 heavy (non-hydrogen) atoms. The SMILES string of the molecule is CC1=CC(=O)NS(=O)(=O)O1.OC[C@@H](O)[C@@H](O[C@H]1O[C@H](CO)[C@@H](O)[C@H](O)[C@H]1O)[C@H](O)[C@@H](O)CO. The quantitative estimate of drug-likeness (QED) is 0.146. The van der Waals surface area contributed by atoms with Crippen molar-refractivity contribution in [3.8, 4) is 0 Å². The van der Waals surface area contributed by atoms with Crippen molar-refractivity contribution in [1.82, 2.24) is 4.72 Å². The van der Waals surface area contributed by atoms with Gasteiger partial charge in [0.25, 0.3) is 5.91 Å². The van der Waals surface area contributed by atoms with Gasteiger partial charge in [-0.1, -0.05) is 0 Å². The molecule has 1 fully saturated rings. The summed E-state index contributed by atoms with van der Waals surface area (Å²) >= 11 is 0. The fourth-order valence-electron chi connectivity index (χ4n) is 2.72. The lowest BCUT2D eigenvalue weighted by Gasteiger charge is -2.42. The standard InChI is InChI=1S/C12H24O11.C4H5NO4S/c13-1-4(16)7(18)11(5(17)2-14)23-12-10(21)9(20)8(19)6(3-15)22-12;1-3-2-4(6)5-10(7,8)9-3/h4-21H,1-3H2;2H,1H3,(H,5,6)/t4-,5+,6+,7+,8+,9-,10+,11+,12+;/m0./s1. The number of hydrogen-bond donors (Lipinski definition) is 10. The van der Waals surface area contributed by atoms with E-state index < -0.39 is 91.2 Å². The first-order valence-corrected chi connectivity index (χ1v) is 10.8. The van der Waals surface area contributed by atoms with Crippen molar-refractivity contribution in [3.05, 3.63) is 11.8 Å². The number of nitrogens with one attached hydrogen (secondary N) is 1. The smallest absolute Gasteiger partial charge is 0.394 e. The fraction of sp³-hybridized carbons (Fsp3) is 0.812. The van der Waals surface area contributed by atoms with Gasteiger partial charge < -0.3 is 59.6 Å². The summed E-state index contributed by atoms with van der Waals surface area (Å²) < 4.78 is 37.0. The Labute approximate surface area is 188 Å². The number of rotatable bonds is 8. The first-order valence-electron chi connectivity index (χ1n) is 9.44. The normalized spacial score (nSPS) is 32.7. The fourth-order valence-corrected chi connectivity index (χ4v) is 3.46. The van der Waals surface area contributed by atoms with Crippen LogP contribution in [0.15, 0.2) is 11.8 Å². The van der Waals surface area contributed by atoms with Gasteiger partial charge in [0.15, 0.2) is 6.29 Å². The third kappa shape index (κ3) is 8.35. The van der Waals surface area contributed by atoms with Gasteiger partial charge in [-0.15, -0.1) is 0 Å². The van der Waals surface area contributed by atoms with Gasteiger partial charge in [0.2, 0.25) is 0 Å². The molecule has 0 bridgehead atoms. The number of ether oxygens (including phenoxy) is 2. The van der Waals surface area contributed by atoms with Crippen LogP contribution in [0, 0.1) is 0 Å². The molecular weight excluding hydrogens is 478 g/mol. The second-order valence-corrected chi connectivity index (χ2v) is 8.33. The highest BCUT2D eigenvalue weighted by Gasteiger charge is 2.46. The van der Waals surface area contributed by atoms with Gasteiger partial charge in [-0.3, -0.25) is 4.79 Å². The molecule has 194 valence electrons. The predicted octanol–water partition coefficient (Wildman–Crippen LogP) is -6.48. The predicted molar refractivity (Wildman–Crippen MR) is 103 cm³/mol. The second kappa shape index (κ2) is 12.8. The Morgan fingerprint density at radius 1 is 1.03 bits per heavy atom. The number of aliphatic hydroxyl groups excluding tert-OH is 9. The van der Waals surface area contributed by atoms with Crippen LogP contribution in [0.4, 0.5) is 0 Å². The molecule has 1 saturated heterocycles. The molecule has 2 aliphatic heterocycles. The van der Waals surface area contributed by atoms with Crippen LogP contribution in [0.2, 0.25) is 0 Å². The molecule has 0 spiro atoms. The van der Waals surface area contributed by atoms with Gasteiger partial charge in [-0.25, -0.2) is 4.72 Å². The van der Waals surface area contributed by atoms with Gasteiger partial charge in [0.05, 0.1) is 19.8 Å². The van der Waals surface area contributed by atoms with Crippen molar-refractivity contribution in [2.24, 2.45) is 0 Å². The Hall–Kier alpha value is -1.48.